The summed E-state index contributed by atoms with van der Waals surface area (Å²) in [7, 11) is 0. The summed E-state index contributed by atoms with van der Waals surface area (Å²) in [5, 5.41) is 12.9. The molecule has 0 amide bonds. The zero-order valence-corrected chi connectivity index (χ0v) is 11.6. The topological polar surface area (TPSA) is 58.0 Å². The lowest BCUT2D eigenvalue weighted by molar-refractivity contribution is 0.132. The maximum Gasteiger partial charge on any atom is 0.223 e. The Morgan fingerprint density at radius 1 is 1.24 bits per heavy atom. The van der Waals surface area contributed by atoms with Crippen LogP contribution in [-0.2, 0) is 0 Å². The second-order valence-electron chi connectivity index (χ2n) is 5.44. The van der Waals surface area contributed by atoms with Gasteiger partial charge in [-0.15, -0.1) is 0 Å². The number of aryl methyl sites for hydroxylation is 1. The zero-order chi connectivity index (χ0) is 13.2. The number of hydrogen-bond acceptors (Lipinski definition) is 4. The van der Waals surface area contributed by atoms with Gasteiger partial charge in [-0.3, -0.25) is 0 Å². The molecule has 0 aliphatic rings. The average Bonchev–Trinajstić information content (AvgIpc) is 2.15. The van der Waals surface area contributed by atoms with Gasteiger partial charge < -0.3 is 10.4 Å². The molecule has 1 aromatic heterocycles. The zero-order valence-electron chi connectivity index (χ0n) is 11.6. The Kier molecular flexibility index (Phi) is 4.09. The van der Waals surface area contributed by atoms with Crippen molar-refractivity contribution in [2.75, 3.05) is 5.32 Å². The van der Waals surface area contributed by atoms with E-state index in [1.165, 1.54) is 0 Å². The minimum absolute atomic E-state index is 0.368. The molecule has 0 spiro atoms. The van der Waals surface area contributed by atoms with Crippen molar-refractivity contribution in [2.24, 2.45) is 0 Å². The fraction of sp³-hybridized carbons (Fsp3) is 0.692. The largest absolute Gasteiger partial charge is 0.391 e. The molecule has 1 unspecified atom stereocenters. The van der Waals surface area contributed by atoms with E-state index >= 15 is 0 Å². The van der Waals surface area contributed by atoms with Crippen molar-refractivity contribution in [3.8, 4) is 0 Å². The van der Waals surface area contributed by atoms with Gasteiger partial charge in [-0.05, 0) is 39.7 Å². The molecule has 2 N–H and O–H groups in total. The monoisotopic (exact) mass is 237 g/mol. The molecule has 4 nitrogen and oxygen atoms in total. The Labute approximate surface area is 103 Å². The summed E-state index contributed by atoms with van der Waals surface area (Å²) in [6.07, 6.45) is -0.478. The first-order valence-corrected chi connectivity index (χ1v) is 6.04. The number of aliphatic hydroxyl groups is 1. The molecule has 1 aromatic rings. The van der Waals surface area contributed by atoms with Gasteiger partial charge in [0.25, 0.3) is 0 Å². The van der Waals surface area contributed by atoms with Crippen molar-refractivity contribution in [3.05, 3.63) is 17.5 Å². The molecule has 0 aliphatic heterocycles. The SMILES string of the molecule is Cc1cc(C(C)C)nc(NC(C)(C)C(C)O)n1. The van der Waals surface area contributed by atoms with Crippen molar-refractivity contribution in [1.82, 2.24) is 9.97 Å². The molecule has 0 fully saturated rings. The molecule has 0 saturated carbocycles. The van der Waals surface area contributed by atoms with Crippen LogP contribution in [-0.4, -0.2) is 26.7 Å². The van der Waals surface area contributed by atoms with Crippen LogP contribution in [0.4, 0.5) is 5.95 Å². The molecule has 96 valence electrons. The van der Waals surface area contributed by atoms with Crippen LogP contribution in [0.15, 0.2) is 6.07 Å². The van der Waals surface area contributed by atoms with E-state index in [1.54, 1.807) is 6.92 Å². The van der Waals surface area contributed by atoms with E-state index in [0.29, 0.717) is 11.9 Å². The number of aliphatic hydroxyl groups excluding tert-OH is 1. The third kappa shape index (κ3) is 3.66. The first kappa shape index (κ1) is 13.9. The van der Waals surface area contributed by atoms with Crippen LogP contribution >= 0.6 is 0 Å². The second-order valence-corrected chi connectivity index (χ2v) is 5.44. The van der Waals surface area contributed by atoms with Gasteiger partial charge in [-0.2, -0.15) is 0 Å². The number of rotatable bonds is 4. The van der Waals surface area contributed by atoms with E-state index in [1.807, 2.05) is 26.8 Å². The van der Waals surface area contributed by atoms with E-state index in [9.17, 15) is 5.11 Å². The summed E-state index contributed by atoms with van der Waals surface area (Å²) in [6.45, 7) is 11.8. The van der Waals surface area contributed by atoms with Crippen LogP contribution in [0.2, 0.25) is 0 Å². The van der Waals surface area contributed by atoms with Crippen molar-refractivity contribution < 1.29 is 5.11 Å². The first-order valence-electron chi connectivity index (χ1n) is 6.04. The number of nitrogens with one attached hydrogen (secondary N) is 1. The van der Waals surface area contributed by atoms with E-state index in [4.69, 9.17) is 0 Å². The van der Waals surface area contributed by atoms with Crippen molar-refractivity contribution in [3.63, 3.8) is 0 Å². The molecular formula is C13H23N3O. The Balaban J connectivity index is 2.99. The molecule has 4 heteroatoms. The minimum atomic E-state index is -0.478. The number of nitrogens with zero attached hydrogens (tertiary/aromatic N) is 2. The Hall–Kier alpha value is -1.16. The van der Waals surface area contributed by atoms with E-state index in [0.717, 1.165) is 11.4 Å². The van der Waals surface area contributed by atoms with Gasteiger partial charge in [0, 0.05) is 11.4 Å². The summed E-state index contributed by atoms with van der Waals surface area (Å²) in [4.78, 5) is 8.82. The number of hydrogen-bond donors (Lipinski definition) is 2. The molecule has 0 saturated heterocycles. The van der Waals surface area contributed by atoms with Crippen molar-refractivity contribution >= 4 is 5.95 Å². The lowest BCUT2D eigenvalue weighted by Gasteiger charge is -2.29. The van der Waals surface area contributed by atoms with Crippen LogP contribution < -0.4 is 5.32 Å². The Morgan fingerprint density at radius 3 is 2.29 bits per heavy atom. The standard InChI is InChI=1S/C13H23N3O/c1-8(2)11-7-9(3)14-12(15-11)16-13(5,6)10(4)17/h7-8,10,17H,1-6H3,(H,14,15,16). The van der Waals surface area contributed by atoms with Gasteiger partial charge in [0.15, 0.2) is 0 Å². The predicted molar refractivity (Wildman–Crippen MR) is 70.2 cm³/mol. The van der Waals surface area contributed by atoms with E-state index in [-0.39, 0.29) is 0 Å². The highest BCUT2D eigenvalue weighted by Gasteiger charge is 2.25. The average molecular weight is 237 g/mol. The molecule has 0 radical (unpaired) electrons. The second kappa shape index (κ2) is 5.00. The van der Waals surface area contributed by atoms with Gasteiger partial charge >= 0.3 is 0 Å². The van der Waals surface area contributed by atoms with Crippen LogP contribution in [0.25, 0.3) is 0 Å². The maximum atomic E-state index is 9.67. The summed E-state index contributed by atoms with van der Waals surface area (Å²) in [5.41, 5.74) is 1.51. The van der Waals surface area contributed by atoms with E-state index < -0.39 is 11.6 Å². The van der Waals surface area contributed by atoms with Gasteiger partial charge in [0.1, 0.15) is 0 Å². The molecule has 1 rings (SSSR count). The number of aromatic nitrogens is 2. The van der Waals surface area contributed by atoms with Crippen LogP contribution in [0, 0.1) is 6.92 Å². The molecule has 0 bridgehead atoms. The third-order valence-corrected chi connectivity index (χ3v) is 2.94. The Bertz CT molecular complexity index is 386. The van der Waals surface area contributed by atoms with Gasteiger partial charge in [0.05, 0.1) is 11.6 Å². The van der Waals surface area contributed by atoms with Crippen LogP contribution in [0.5, 0.6) is 0 Å². The molecule has 0 aliphatic carbocycles. The van der Waals surface area contributed by atoms with Gasteiger partial charge in [0.2, 0.25) is 5.95 Å². The summed E-state index contributed by atoms with van der Waals surface area (Å²) in [6, 6.07) is 1.99. The first-order chi connectivity index (χ1) is 7.72. The predicted octanol–water partition coefficient (Wildman–Crippen LogP) is 2.48. The summed E-state index contributed by atoms with van der Waals surface area (Å²) < 4.78 is 0. The van der Waals surface area contributed by atoms with Crippen LogP contribution in [0.1, 0.15) is 51.9 Å². The van der Waals surface area contributed by atoms with Gasteiger partial charge in [-0.1, -0.05) is 13.8 Å². The fourth-order valence-electron chi connectivity index (χ4n) is 1.34. The third-order valence-electron chi connectivity index (χ3n) is 2.94. The molecule has 0 aromatic carbocycles. The summed E-state index contributed by atoms with van der Waals surface area (Å²) in [5.74, 6) is 0.950. The normalized spacial score (nSPS) is 13.9. The number of anilines is 1. The maximum absolute atomic E-state index is 9.67. The minimum Gasteiger partial charge on any atom is -0.391 e. The lowest BCUT2D eigenvalue weighted by atomic mass is 9.99. The molecular weight excluding hydrogens is 214 g/mol. The van der Waals surface area contributed by atoms with Crippen molar-refractivity contribution in [1.29, 1.82) is 0 Å². The lowest BCUT2D eigenvalue weighted by Crippen LogP contribution is -2.42. The van der Waals surface area contributed by atoms with Crippen molar-refractivity contribution in [2.45, 2.75) is 59.1 Å². The van der Waals surface area contributed by atoms with Crippen LogP contribution in [0.3, 0.4) is 0 Å². The Morgan fingerprint density at radius 2 is 1.82 bits per heavy atom. The highest BCUT2D eigenvalue weighted by Crippen LogP contribution is 2.18. The van der Waals surface area contributed by atoms with E-state index in [2.05, 4.69) is 29.1 Å². The fourth-order valence-corrected chi connectivity index (χ4v) is 1.34. The highest BCUT2D eigenvalue weighted by atomic mass is 16.3. The molecule has 17 heavy (non-hydrogen) atoms. The highest BCUT2D eigenvalue weighted by molar-refractivity contribution is 5.32. The smallest absolute Gasteiger partial charge is 0.223 e. The quantitative estimate of drug-likeness (QED) is 0.844. The molecule has 1 heterocycles. The molecule has 1 atom stereocenters. The summed E-state index contributed by atoms with van der Waals surface area (Å²) >= 11 is 0. The van der Waals surface area contributed by atoms with Gasteiger partial charge in [-0.25, -0.2) is 9.97 Å².